The average Bonchev–Trinajstić information content (AvgIpc) is 2.42. The van der Waals surface area contributed by atoms with Crippen molar-refractivity contribution in [2.75, 3.05) is 7.11 Å². The van der Waals surface area contributed by atoms with Crippen molar-refractivity contribution in [2.24, 2.45) is 0 Å². The summed E-state index contributed by atoms with van der Waals surface area (Å²) in [6, 6.07) is 7.87. The zero-order chi connectivity index (χ0) is 15.6. The molecule has 2 aromatic rings. The quantitative estimate of drug-likeness (QED) is 0.739. The van der Waals surface area contributed by atoms with Gasteiger partial charge >= 0.3 is 0 Å². The summed E-state index contributed by atoms with van der Waals surface area (Å²) >= 11 is 6.75. The van der Waals surface area contributed by atoms with Crippen LogP contribution in [0.4, 0.5) is 4.39 Å². The number of ether oxygens (including phenoxy) is 2. The van der Waals surface area contributed by atoms with Gasteiger partial charge in [-0.25, -0.2) is 4.39 Å². The Hall–Kier alpha value is -1.11. The van der Waals surface area contributed by atoms with E-state index >= 15 is 0 Å². The molecule has 0 spiro atoms. The predicted octanol–water partition coefficient (Wildman–Crippen LogP) is 5.20. The lowest BCUT2D eigenvalue weighted by Gasteiger charge is -2.15. The minimum atomic E-state index is -0.971. The van der Waals surface area contributed by atoms with Gasteiger partial charge in [0, 0.05) is 0 Å². The summed E-state index contributed by atoms with van der Waals surface area (Å²) in [4.78, 5) is 0. The lowest BCUT2D eigenvalue weighted by atomic mass is 10.1. The van der Waals surface area contributed by atoms with E-state index in [9.17, 15) is 9.50 Å². The Morgan fingerprint density at radius 3 is 2.33 bits per heavy atom. The SMILES string of the molecule is COc1cc(Br)c(Oc2cccc(F)c2[C@H](C)O)cc1Br. The molecule has 0 aliphatic heterocycles. The first kappa shape index (κ1) is 16.3. The Morgan fingerprint density at radius 1 is 1.10 bits per heavy atom. The van der Waals surface area contributed by atoms with E-state index in [0.717, 1.165) is 0 Å². The van der Waals surface area contributed by atoms with E-state index in [1.165, 1.54) is 19.1 Å². The first-order valence-corrected chi connectivity index (χ1v) is 7.70. The Morgan fingerprint density at radius 2 is 1.71 bits per heavy atom. The van der Waals surface area contributed by atoms with Gasteiger partial charge in [0.1, 0.15) is 23.1 Å². The van der Waals surface area contributed by atoms with E-state index in [-0.39, 0.29) is 11.3 Å². The molecule has 0 heterocycles. The van der Waals surface area contributed by atoms with Crippen LogP contribution in [0.5, 0.6) is 17.2 Å². The van der Waals surface area contributed by atoms with Crippen LogP contribution >= 0.6 is 31.9 Å². The molecule has 0 radical (unpaired) electrons. The summed E-state index contributed by atoms with van der Waals surface area (Å²) in [6.07, 6.45) is -0.971. The molecule has 2 rings (SSSR count). The molecule has 3 nitrogen and oxygen atoms in total. The number of hydrogen-bond acceptors (Lipinski definition) is 3. The van der Waals surface area contributed by atoms with E-state index in [2.05, 4.69) is 31.9 Å². The summed E-state index contributed by atoms with van der Waals surface area (Å²) in [5.74, 6) is 0.883. The predicted molar refractivity (Wildman–Crippen MR) is 85.5 cm³/mol. The standard InChI is InChI=1S/C15H13Br2FO3/c1-8(19)15-11(18)4-3-5-12(15)21-14-7-9(16)13(20-2)6-10(14)17/h3-8,19H,1-2H3/t8-/m0/s1. The summed E-state index contributed by atoms with van der Waals surface area (Å²) in [6.45, 7) is 1.49. The number of halogens is 3. The molecule has 0 bridgehead atoms. The van der Waals surface area contributed by atoms with Crippen molar-refractivity contribution < 1.29 is 19.0 Å². The van der Waals surface area contributed by atoms with Gasteiger partial charge in [-0.2, -0.15) is 0 Å². The zero-order valence-electron chi connectivity index (χ0n) is 11.4. The highest BCUT2D eigenvalue weighted by molar-refractivity contribution is 9.11. The third-order valence-corrected chi connectivity index (χ3v) is 4.10. The van der Waals surface area contributed by atoms with E-state index in [1.54, 1.807) is 25.3 Å². The first-order chi connectivity index (χ1) is 9.93. The third-order valence-electron chi connectivity index (χ3n) is 2.86. The Kier molecular flexibility index (Phi) is 5.24. The largest absolute Gasteiger partial charge is 0.496 e. The maximum absolute atomic E-state index is 13.8. The van der Waals surface area contributed by atoms with Crippen LogP contribution in [-0.2, 0) is 0 Å². The van der Waals surface area contributed by atoms with Gasteiger partial charge in [-0.3, -0.25) is 0 Å². The van der Waals surface area contributed by atoms with Gasteiger partial charge in [-0.15, -0.1) is 0 Å². The van der Waals surface area contributed by atoms with Crippen LogP contribution in [0, 0.1) is 5.82 Å². The van der Waals surface area contributed by atoms with Crippen LogP contribution in [-0.4, -0.2) is 12.2 Å². The monoisotopic (exact) mass is 418 g/mol. The highest BCUT2D eigenvalue weighted by Crippen LogP contribution is 2.40. The Labute approximate surface area is 139 Å². The average molecular weight is 420 g/mol. The third kappa shape index (κ3) is 3.56. The molecule has 0 saturated carbocycles. The smallest absolute Gasteiger partial charge is 0.143 e. The highest BCUT2D eigenvalue weighted by Gasteiger charge is 2.17. The van der Waals surface area contributed by atoms with E-state index < -0.39 is 11.9 Å². The molecule has 0 aromatic heterocycles. The maximum atomic E-state index is 13.8. The normalized spacial score (nSPS) is 12.1. The molecule has 1 atom stereocenters. The van der Waals surface area contributed by atoms with Crippen LogP contribution in [0.3, 0.4) is 0 Å². The number of methoxy groups -OCH3 is 1. The van der Waals surface area contributed by atoms with Crippen molar-refractivity contribution >= 4 is 31.9 Å². The molecule has 0 aliphatic rings. The maximum Gasteiger partial charge on any atom is 0.143 e. The number of benzene rings is 2. The summed E-state index contributed by atoms with van der Waals surface area (Å²) in [5.41, 5.74) is 0.122. The van der Waals surface area contributed by atoms with Gasteiger partial charge in [0.15, 0.2) is 0 Å². The van der Waals surface area contributed by atoms with Crippen molar-refractivity contribution in [3.05, 3.63) is 50.7 Å². The molecular formula is C15H13Br2FO3. The minimum absolute atomic E-state index is 0.122. The number of aliphatic hydroxyl groups excluding tert-OH is 1. The molecule has 0 unspecified atom stereocenters. The second-order valence-electron chi connectivity index (χ2n) is 4.35. The minimum Gasteiger partial charge on any atom is -0.496 e. The molecular weight excluding hydrogens is 407 g/mol. The molecule has 112 valence electrons. The summed E-state index contributed by atoms with van der Waals surface area (Å²) in [5, 5.41) is 9.71. The Balaban J connectivity index is 2.44. The van der Waals surface area contributed by atoms with Gasteiger partial charge in [-0.1, -0.05) is 6.07 Å². The topological polar surface area (TPSA) is 38.7 Å². The molecule has 0 aliphatic carbocycles. The summed E-state index contributed by atoms with van der Waals surface area (Å²) < 4.78 is 26.1. The van der Waals surface area contributed by atoms with Crippen molar-refractivity contribution in [2.45, 2.75) is 13.0 Å². The summed E-state index contributed by atoms with van der Waals surface area (Å²) in [7, 11) is 1.56. The molecule has 0 amide bonds. The van der Waals surface area contributed by atoms with Gasteiger partial charge < -0.3 is 14.6 Å². The molecule has 0 saturated heterocycles. The van der Waals surface area contributed by atoms with Crippen molar-refractivity contribution in [1.29, 1.82) is 0 Å². The van der Waals surface area contributed by atoms with E-state index in [0.29, 0.717) is 20.4 Å². The Bertz CT molecular complexity index is 660. The molecule has 2 aromatic carbocycles. The highest BCUT2D eigenvalue weighted by atomic mass is 79.9. The second kappa shape index (κ2) is 6.77. The molecule has 0 fully saturated rings. The van der Waals surface area contributed by atoms with Gasteiger partial charge in [0.25, 0.3) is 0 Å². The fraction of sp³-hybridized carbons (Fsp3) is 0.200. The molecule has 1 N–H and O–H groups in total. The van der Waals surface area contributed by atoms with Crippen molar-refractivity contribution in [3.63, 3.8) is 0 Å². The second-order valence-corrected chi connectivity index (χ2v) is 6.06. The molecule has 21 heavy (non-hydrogen) atoms. The number of hydrogen-bond donors (Lipinski definition) is 1. The van der Waals surface area contributed by atoms with Crippen LogP contribution < -0.4 is 9.47 Å². The van der Waals surface area contributed by atoms with E-state index in [1.807, 2.05) is 0 Å². The number of aliphatic hydroxyl groups is 1. The van der Waals surface area contributed by atoms with Gasteiger partial charge in [0.2, 0.25) is 0 Å². The van der Waals surface area contributed by atoms with Crippen molar-refractivity contribution in [1.82, 2.24) is 0 Å². The van der Waals surface area contributed by atoms with Crippen LogP contribution in [0.15, 0.2) is 39.3 Å². The number of rotatable bonds is 4. The zero-order valence-corrected chi connectivity index (χ0v) is 14.5. The van der Waals surface area contributed by atoms with Crippen molar-refractivity contribution in [3.8, 4) is 17.2 Å². The van der Waals surface area contributed by atoms with Gasteiger partial charge in [-0.05, 0) is 63.0 Å². The van der Waals surface area contributed by atoms with Crippen LogP contribution in [0.1, 0.15) is 18.6 Å². The lowest BCUT2D eigenvalue weighted by Crippen LogP contribution is -2.00. The van der Waals surface area contributed by atoms with Crippen LogP contribution in [0.25, 0.3) is 0 Å². The van der Waals surface area contributed by atoms with Gasteiger partial charge in [0.05, 0.1) is 27.7 Å². The van der Waals surface area contributed by atoms with E-state index in [4.69, 9.17) is 9.47 Å². The fourth-order valence-corrected chi connectivity index (χ4v) is 2.76. The fourth-order valence-electron chi connectivity index (χ4n) is 1.88. The molecule has 6 heteroatoms. The first-order valence-electron chi connectivity index (χ1n) is 6.11. The van der Waals surface area contributed by atoms with Crippen LogP contribution in [0.2, 0.25) is 0 Å². The lowest BCUT2D eigenvalue weighted by molar-refractivity contribution is 0.190.